The standard InChI is InChI=1S/C32H25N3O4/c36-29-19-24(20-8-3-1-4-9-20)18-28-30(29)31(22-12-7-13-25(16-22)35(38)39)34-26-15-14-23(17-27(26)33-28)32(37)21-10-5-2-6-11-21/h1-17,24,31,33-34H,18-19H2/t24-,31-/m1/s1. The monoisotopic (exact) mass is 515 g/mol. The van der Waals surface area contributed by atoms with Crippen molar-refractivity contribution in [2.45, 2.75) is 24.8 Å². The summed E-state index contributed by atoms with van der Waals surface area (Å²) in [5.74, 6) is -0.128. The number of carbonyl (C=O) groups is 2. The van der Waals surface area contributed by atoms with Gasteiger partial charge in [0.15, 0.2) is 11.6 Å². The minimum absolute atomic E-state index is 0.00797. The summed E-state index contributed by atoms with van der Waals surface area (Å²) < 4.78 is 0. The summed E-state index contributed by atoms with van der Waals surface area (Å²) in [4.78, 5) is 38.0. The molecule has 1 aliphatic carbocycles. The average Bonchev–Trinajstić information content (AvgIpc) is 3.14. The van der Waals surface area contributed by atoms with E-state index in [1.54, 1.807) is 36.4 Å². The van der Waals surface area contributed by atoms with Crippen molar-refractivity contribution in [3.63, 3.8) is 0 Å². The number of hydrogen-bond donors (Lipinski definition) is 2. The number of benzene rings is 4. The van der Waals surface area contributed by atoms with E-state index in [-0.39, 0.29) is 23.2 Å². The van der Waals surface area contributed by atoms with E-state index >= 15 is 0 Å². The normalized spacial score (nSPS) is 18.2. The second-order valence-electron chi connectivity index (χ2n) is 9.84. The van der Waals surface area contributed by atoms with Crippen molar-refractivity contribution < 1.29 is 14.5 Å². The van der Waals surface area contributed by atoms with Gasteiger partial charge in [0.2, 0.25) is 0 Å². The zero-order chi connectivity index (χ0) is 26.9. The zero-order valence-corrected chi connectivity index (χ0v) is 21.0. The van der Waals surface area contributed by atoms with Crippen LogP contribution in [0.3, 0.4) is 0 Å². The molecule has 6 rings (SSSR count). The average molecular weight is 516 g/mol. The van der Waals surface area contributed by atoms with Gasteiger partial charge in [-0.15, -0.1) is 0 Å². The summed E-state index contributed by atoms with van der Waals surface area (Å²) in [6, 6.07) is 30.2. The highest BCUT2D eigenvalue weighted by Crippen LogP contribution is 2.44. The number of rotatable bonds is 5. The van der Waals surface area contributed by atoms with Crippen LogP contribution in [0.25, 0.3) is 0 Å². The van der Waals surface area contributed by atoms with Gasteiger partial charge in [0, 0.05) is 41.0 Å². The first kappa shape index (κ1) is 24.3. The number of hydrogen-bond acceptors (Lipinski definition) is 6. The molecule has 2 atom stereocenters. The Bertz CT molecular complexity index is 1630. The van der Waals surface area contributed by atoms with Gasteiger partial charge in [0.25, 0.3) is 5.69 Å². The van der Waals surface area contributed by atoms with Crippen LogP contribution in [-0.2, 0) is 4.79 Å². The highest BCUT2D eigenvalue weighted by atomic mass is 16.6. The maximum absolute atomic E-state index is 13.8. The van der Waals surface area contributed by atoms with Crippen molar-refractivity contribution in [3.05, 3.63) is 147 Å². The fraction of sp³-hybridized carbons (Fsp3) is 0.125. The number of nitro benzene ring substituents is 1. The van der Waals surface area contributed by atoms with Crippen LogP contribution in [0.4, 0.5) is 17.1 Å². The molecule has 0 spiro atoms. The van der Waals surface area contributed by atoms with Crippen LogP contribution in [0, 0.1) is 10.1 Å². The largest absolute Gasteiger partial charge is 0.372 e. The lowest BCUT2D eigenvalue weighted by atomic mass is 9.78. The van der Waals surface area contributed by atoms with Crippen molar-refractivity contribution >= 4 is 28.6 Å². The van der Waals surface area contributed by atoms with Gasteiger partial charge in [0.1, 0.15) is 0 Å². The molecule has 0 radical (unpaired) electrons. The molecule has 0 bridgehead atoms. The molecule has 1 aliphatic heterocycles. The first-order valence-electron chi connectivity index (χ1n) is 12.8. The molecule has 4 aromatic rings. The summed E-state index contributed by atoms with van der Waals surface area (Å²) >= 11 is 0. The molecule has 0 unspecified atom stereocenters. The SMILES string of the molecule is O=C1C[C@H](c2ccccc2)CC2=C1[C@@H](c1cccc([N+](=O)[O-])c1)Nc1ccc(C(=O)c3ccccc3)cc1N2. The van der Waals surface area contributed by atoms with Gasteiger partial charge >= 0.3 is 0 Å². The maximum Gasteiger partial charge on any atom is 0.269 e. The number of non-ortho nitro benzene ring substituents is 1. The molecule has 7 nitrogen and oxygen atoms in total. The summed E-state index contributed by atoms with van der Waals surface area (Å²) in [7, 11) is 0. The fourth-order valence-electron chi connectivity index (χ4n) is 5.47. The lowest BCUT2D eigenvalue weighted by Gasteiger charge is -2.29. The number of carbonyl (C=O) groups excluding carboxylic acids is 2. The molecule has 39 heavy (non-hydrogen) atoms. The van der Waals surface area contributed by atoms with Crippen molar-refractivity contribution in [2.75, 3.05) is 10.6 Å². The number of nitro groups is 1. The lowest BCUT2D eigenvalue weighted by Crippen LogP contribution is -2.26. The van der Waals surface area contributed by atoms with Gasteiger partial charge in [-0.2, -0.15) is 0 Å². The zero-order valence-electron chi connectivity index (χ0n) is 21.0. The van der Waals surface area contributed by atoms with Crippen LogP contribution in [0.2, 0.25) is 0 Å². The summed E-state index contributed by atoms with van der Waals surface area (Å²) in [6.07, 6.45) is 0.931. The molecule has 1 heterocycles. The van der Waals surface area contributed by atoms with E-state index in [9.17, 15) is 19.7 Å². The van der Waals surface area contributed by atoms with Crippen molar-refractivity contribution in [3.8, 4) is 0 Å². The van der Waals surface area contributed by atoms with Gasteiger partial charge < -0.3 is 10.6 Å². The van der Waals surface area contributed by atoms with Crippen LogP contribution in [0.15, 0.2) is 114 Å². The quantitative estimate of drug-likeness (QED) is 0.172. The Morgan fingerprint density at radius 1 is 0.769 bits per heavy atom. The van der Waals surface area contributed by atoms with Crippen LogP contribution in [0.5, 0.6) is 0 Å². The molecule has 0 fully saturated rings. The van der Waals surface area contributed by atoms with Gasteiger partial charge in [-0.1, -0.05) is 72.8 Å². The van der Waals surface area contributed by atoms with Crippen LogP contribution in [-0.4, -0.2) is 16.5 Å². The highest BCUT2D eigenvalue weighted by molar-refractivity contribution is 6.10. The topological polar surface area (TPSA) is 101 Å². The third-order valence-electron chi connectivity index (χ3n) is 7.38. The first-order chi connectivity index (χ1) is 19.0. The number of nitrogens with one attached hydrogen (secondary N) is 2. The Hall–Kier alpha value is -5.04. The van der Waals surface area contributed by atoms with E-state index in [0.717, 1.165) is 11.3 Å². The number of fused-ring (bicyclic) bond motifs is 1. The van der Waals surface area contributed by atoms with E-state index in [0.29, 0.717) is 46.5 Å². The molecule has 4 aromatic carbocycles. The molecular formula is C32H25N3O4. The smallest absolute Gasteiger partial charge is 0.269 e. The van der Waals surface area contributed by atoms with Crippen LogP contribution < -0.4 is 10.6 Å². The summed E-state index contributed by atoms with van der Waals surface area (Å²) in [6.45, 7) is 0. The van der Waals surface area contributed by atoms with Gasteiger partial charge in [-0.25, -0.2) is 0 Å². The van der Waals surface area contributed by atoms with Crippen LogP contribution >= 0.6 is 0 Å². The third-order valence-corrected chi connectivity index (χ3v) is 7.38. The lowest BCUT2D eigenvalue weighted by molar-refractivity contribution is -0.384. The Balaban J connectivity index is 1.45. The minimum Gasteiger partial charge on any atom is -0.372 e. The van der Waals surface area contributed by atoms with Gasteiger partial charge in [-0.3, -0.25) is 19.7 Å². The third kappa shape index (κ3) is 4.70. The molecule has 0 saturated heterocycles. The Morgan fingerprint density at radius 3 is 2.23 bits per heavy atom. The molecular weight excluding hydrogens is 490 g/mol. The molecule has 7 heteroatoms. The van der Waals surface area contributed by atoms with Crippen molar-refractivity contribution in [1.29, 1.82) is 0 Å². The van der Waals surface area contributed by atoms with Gasteiger partial charge in [0.05, 0.1) is 22.3 Å². The first-order valence-corrected chi connectivity index (χ1v) is 12.8. The number of ketones is 2. The summed E-state index contributed by atoms with van der Waals surface area (Å²) in [5, 5.41) is 18.5. The maximum atomic E-state index is 13.8. The Kier molecular flexibility index (Phi) is 6.25. The summed E-state index contributed by atoms with van der Waals surface area (Å²) in [5.41, 5.74) is 5.48. The predicted octanol–water partition coefficient (Wildman–Crippen LogP) is 6.81. The fourth-order valence-corrected chi connectivity index (χ4v) is 5.47. The second-order valence-corrected chi connectivity index (χ2v) is 9.84. The molecule has 0 amide bonds. The van der Waals surface area contributed by atoms with E-state index in [4.69, 9.17) is 0 Å². The van der Waals surface area contributed by atoms with Crippen LogP contribution in [0.1, 0.15) is 51.8 Å². The Morgan fingerprint density at radius 2 is 1.49 bits per heavy atom. The number of Topliss-reactive ketones (excluding diaryl/α,β-unsaturated/α-hetero) is 1. The minimum atomic E-state index is -0.589. The highest BCUT2D eigenvalue weighted by Gasteiger charge is 2.36. The number of nitrogens with zero attached hydrogens (tertiary/aromatic N) is 1. The molecule has 2 N–H and O–H groups in total. The van der Waals surface area contributed by atoms with Gasteiger partial charge in [-0.05, 0) is 41.7 Å². The predicted molar refractivity (Wildman–Crippen MR) is 150 cm³/mol. The number of allylic oxidation sites excluding steroid dienone is 1. The van der Waals surface area contributed by atoms with E-state index in [1.807, 2.05) is 54.6 Å². The molecule has 0 saturated carbocycles. The molecule has 2 aliphatic rings. The van der Waals surface area contributed by atoms with E-state index < -0.39 is 11.0 Å². The Labute approximate surface area is 225 Å². The molecule has 192 valence electrons. The van der Waals surface area contributed by atoms with E-state index in [2.05, 4.69) is 10.6 Å². The molecule has 0 aromatic heterocycles. The van der Waals surface area contributed by atoms with Crippen molar-refractivity contribution in [2.24, 2.45) is 0 Å². The number of anilines is 2. The van der Waals surface area contributed by atoms with Crippen molar-refractivity contribution in [1.82, 2.24) is 0 Å². The second kappa shape index (κ2) is 10.0. The van der Waals surface area contributed by atoms with E-state index in [1.165, 1.54) is 12.1 Å².